The topological polar surface area (TPSA) is 112 Å². The lowest BCUT2D eigenvalue weighted by Gasteiger charge is -2.08. The summed E-state index contributed by atoms with van der Waals surface area (Å²) in [5.41, 5.74) is 3.79. The summed E-state index contributed by atoms with van der Waals surface area (Å²) in [6, 6.07) is 5.90. The lowest BCUT2D eigenvalue weighted by molar-refractivity contribution is -0.120. The SMILES string of the molecule is Cc1cc(-c2cnn(CCNC(=O)Cc3nonc3C)c2-c2cccs2)on1. The maximum absolute atomic E-state index is 12.1. The molecule has 0 saturated carbocycles. The van der Waals surface area contributed by atoms with Crippen LogP contribution >= 0.6 is 11.3 Å². The minimum atomic E-state index is -0.144. The molecule has 4 rings (SSSR count). The quantitative estimate of drug-likeness (QED) is 0.509. The molecule has 0 radical (unpaired) electrons. The number of hydrogen-bond donors (Lipinski definition) is 1. The highest BCUT2D eigenvalue weighted by Gasteiger charge is 2.19. The molecule has 1 amide bonds. The third-order valence-electron chi connectivity index (χ3n) is 4.21. The van der Waals surface area contributed by atoms with Gasteiger partial charge in [-0.25, -0.2) is 4.63 Å². The molecule has 1 N–H and O–H groups in total. The summed E-state index contributed by atoms with van der Waals surface area (Å²) in [5, 5.41) is 20.8. The Morgan fingerprint density at radius 2 is 2.18 bits per heavy atom. The molecule has 0 aliphatic rings. The van der Waals surface area contributed by atoms with Crippen LogP contribution in [0.3, 0.4) is 0 Å². The Morgan fingerprint density at radius 1 is 1.29 bits per heavy atom. The van der Waals surface area contributed by atoms with Crippen LogP contribution in [0.25, 0.3) is 21.9 Å². The van der Waals surface area contributed by atoms with Crippen molar-refractivity contribution in [3.8, 4) is 21.9 Å². The molecule has 0 atom stereocenters. The number of hydrogen-bond acceptors (Lipinski definition) is 8. The molecule has 4 aromatic rings. The van der Waals surface area contributed by atoms with Crippen LogP contribution in [-0.4, -0.2) is 37.7 Å². The standard InChI is InChI=1S/C18H18N6O3S/c1-11-8-15(26-21-11)13-10-20-24(18(13)16-4-3-7-28-16)6-5-19-17(25)9-14-12(2)22-27-23-14/h3-4,7-8,10H,5-6,9H2,1-2H3,(H,19,25). The molecule has 9 nitrogen and oxygen atoms in total. The van der Waals surface area contributed by atoms with Gasteiger partial charge in [0.15, 0.2) is 5.76 Å². The smallest absolute Gasteiger partial charge is 0.226 e. The van der Waals surface area contributed by atoms with Gasteiger partial charge in [-0.15, -0.1) is 11.3 Å². The predicted molar refractivity (Wildman–Crippen MR) is 102 cm³/mol. The molecule has 28 heavy (non-hydrogen) atoms. The van der Waals surface area contributed by atoms with E-state index < -0.39 is 0 Å². The Hall–Kier alpha value is -3.27. The highest BCUT2D eigenvalue weighted by atomic mass is 32.1. The summed E-state index contributed by atoms with van der Waals surface area (Å²) < 4.78 is 11.9. The fourth-order valence-corrected chi connectivity index (χ4v) is 3.61. The van der Waals surface area contributed by atoms with Crippen LogP contribution in [0.1, 0.15) is 17.1 Å². The van der Waals surface area contributed by atoms with Crippen molar-refractivity contribution in [2.24, 2.45) is 0 Å². The van der Waals surface area contributed by atoms with Gasteiger partial charge in [-0.1, -0.05) is 21.5 Å². The molecule has 0 unspecified atom stereocenters. The van der Waals surface area contributed by atoms with E-state index in [4.69, 9.17) is 4.52 Å². The molecule has 0 saturated heterocycles. The molecule has 0 bridgehead atoms. The highest BCUT2D eigenvalue weighted by molar-refractivity contribution is 7.13. The zero-order chi connectivity index (χ0) is 19.5. The summed E-state index contributed by atoms with van der Waals surface area (Å²) in [7, 11) is 0. The molecule has 0 aliphatic heterocycles. The molecule has 0 aromatic carbocycles. The normalized spacial score (nSPS) is 11.1. The third kappa shape index (κ3) is 3.72. The van der Waals surface area contributed by atoms with Gasteiger partial charge < -0.3 is 9.84 Å². The number of aryl methyl sites for hydroxylation is 2. The lowest BCUT2D eigenvalue weighted by Crippen LogP contribution is -2.29. The van der Waals surface area contributed by atoms with Crippen molar-refractivity contribution in [1.82, 2.24) is 30.6 Å². The summed E-state index contributed by atoms with van der Waals surface area (Å²) in [6.07, 6.45) is 1.90. The predicted octanol–water partition coefficient (Wildman–Crippen LogP) is 2.63. The van der Waals surface area contributed by atoms with Crippen LogP contribution in [0, 0.1) is 13.8 Å². The Morgan fingerprint density at radius 3 is 2.86 bits per heavy atom. The van der Waals surface area contributed by atoms with E-state index in [-0.39, 0.29) is 12.3 Å². The van der Waals surface area contributed by atoms with Crippen LogP contribution in [0.15, 0.2) is 38.9 Å². The first-order valence-corrected chi connectivity index (χ1v) is 9.58. The van der Waals surface area contributed by atoms with Crippen molar-refractivity contribution in [2.45, 2.75) is 26.8 Å². The third-order valence-corrected chi connectivity index (χ3v) is 5.08. The maximum atomic E-state index is 12.1. The number of aromatic nitrogens is 5. The first-order valence-electron chi connectivity index (χ1n) is 8.70. The molecule has 4 heterocycles. The lowest BCUT2D eigenvalue weighted by atomic mass is 10.1. The molecule has 0 fully saturated rings. The van der Waals surface area contributed by atoms with Gasteiger partial charge in [-0.05, 0) is 25.3 Å². The number of thiophene rings is 1. The minimum Gasteiger partial charge on any atom is -0.356 e. The molecular weight excluding hydrogens is 380 g/mol. The van der Waals surface area contributed by atoms with E-state index >= 15 is 0 Å². The van der Waals surface area contributed by atoms with Crippen molar-refractivity contribution in [1.29, 1.82) is 0 Å². The van der Waals surface area contributed by atoms with Gasteiger partial charge in [0.25, 0.3) is 0 Å². The molecular formula is C18H18N6O3S. The van der Waals surface area contributed by atoms with E-state index in [1.807, 2.05) is 35.2 Å². The van der Waals surface area contributed by atoms with Crippen LogP contribution < -0.4 is 5.32 Å². The van der Waals surface area contributed by atoms with E-state index in [2.05, 4.69) is 30.5 Å². The second-order valence-electron chi connectivity index (χ2n) is 6.26. The molecule has 0 aliphatic carbocycles. The van der Waals surface area contributed by atoms with Crippen LogP contribution in [0.5, 0.6) is 0 Å². The Bertz CT molecular complexity index is 1080. The Balaban J connectivity index is 1.48. The van der Waals surface area contributed by atoms with Gasteiger partial charge in [0.2, 0.25) is 5.91 Å². The second-order valence-corrected chi connectivity index (χ2v) is 7.21. The minimum absolute atomic E-state index is 0.134. The van der Waals surface area contributed by atoms with E-state index in [0.717, 1.165) is 21.8 Å². The summed E-state index contributed by atoms with van der Waals surface area (Å²) in [6.45, 7) is 4.58. The van der Waals surface area contributed by atoms with Gasteiger partial charge in [-0.3, -0.25) is 9.48 Å². The van der Waals surface area contributed by atoms with E-state index in [9.17, 15) is 4.79 Å². The number of amides is 1. The van der Waals surface area contributed by atoms with Gasteiger partial charge in [0.1, 0.15) is 11.4 Å². The number of nitrogens with one attached hydrogen (secondary N) is 1. The van der Waals surface area contributed by atoms with Crippen molar-refractivity contribution in [3.63, 3.8) is 0 Å². The van der Waals surface area contributed by atoms with Crippen molar-refractivity contribution in [3.05, 3.63) is 46.9 Å². The van der Waals surface area contributed by atoms with E-state index in [1.54, 1.807) is 24.5 Å². The average molecular weight is 398 g/mol. The number of carbonyl (C=O) groups excluding carboxylic acids is 1. The van der Waals surface area contributed by atoms with Gasteiger partial charge in [0, 0.05) is 12.6 Å². The first kappa shape index (κ1) is 18.1. The Kier molecular flexibility index (Phi) is 5.02. The van der Waals surface area contributed by atoms with Gasteiger partial charge >= 0.3 is 0 Å². The summed E-state index contributed by atoms with van der Waals surface area (Å²) >= 11 is 1.62. The van der Waals surface area contributed by atoms with Crippen molar-refractivity contribution in [2.75, 3.05) is 6.54 Å². The fourth-order valence-electron chi connectivity index (χ4n) is 2.82. The van der Waals surface area contributed by atoms with E-state index in [0.29, 0.717) is 30.2 Å². The van der Waals surface area contributed by atoms with Crippen LogP contribution in [0.4, 0.5) is 0 Å². The van der Waals surface area contributed by atoms with Crippen LogP contribution in [-0.2, 0) is 17.8 Å². The van der Waals surface area contributed by atoms with Crippen LogP contribution in [0.2, 0.25) is 0 Å². The maximum Gasteiger partial charge on any atom is 0.226 e. The number of rotatable bonds is 7. The molecule has 0 spiro atoms. The highest BCUT2D eigenvalue weighted by Crippen LogP contribution is 2.34. The molecule has 4 aromatic heterocycles. The Labute approximate surface area is 164 Å². The zero-order valence-corrected chi connectivity index (χ0v) is 16.2. The average Bonchev–Trinajstić information content (AvgIpc) is 3.43. The zero-order valence-electron chi connectivity index (χ0n) is 15.4. The number of nitrogens with zero attached hydrogens (tertiary/aromatic N) is 5. The van der Waals surface area contributed by atoms with E-state index in [1.165, 1.54) is 0 Å². The summed E-state index contributed by atoms with van der Waals surface area (Å²) in [5.74, 6) is 0.528. The molecule has 144 valence electrons. The first-order chi connectivity index (χ1) is 13.6. The fraction of sp³-hybridized carbons (Fsp3) is 0.278. The second kappa shape index (κ2) is 7.77. The van der Waals surface area contributed by atoms with Gasteiger partial charge in [-0.2, -0.15) is 5.10 Å². The molecule has 10 heteroatoms. The number of carbonyl (C=O) groups is 1. The van der Waals surface area contributed by atoms with Crippen molar-refractivity contribution < 1.29 is 13.9 Å². The summed E-state index contributed by atoms with van der Waals surface area (Å²) in [4.78, 5) is 13.2. The largest absolute Gasteiger partial charge is 0.356 e. The van der Waals surface area contributed by atoms with Crippen molar-refractivity contribution >= 4 is 17.2 Å². The van der Waals surface area contributed by atoms with Gasteiger partial charge in [0.05, 0.1) is 41.0 Å². The monoisotopic (exact) mass is 398 g/mol.